The molecule has 6 heterocycles. The van der Waals surface area contributed by atoms with Crippen molar-refractivity contribution in [1.29, 1.82) is 0 Å². The molecule has 3 fully saturated rings. The molecule has 15 nitrogen and oxygen atoms in total. The summed E-state index contributed by atoms with van der Waals surface area (Å²) in [5.74, 6) is 0.501. The number of anilines is 3. The van der Waals surface area contributed by atoms with Gasteiger partial charge in [0.1, 0.15) is 0 Å². The molecule has 0 bridgehead atoms. The molecule has 9 rings (SSSR count). The number of aromatic nitrogens is 5. The van der Waals surface area contributed by atoms with E-state index >= 15 is 0 Å². The second-order valence-corrected chi connectivity index (χ2v) is 18.6. The van der Waals surface area contributed by atoms with Crippen LogP contribution >= 0.6 is 0 Å². The van der Waals surface area contributed by atoms with Gasteiger partial charge in [0.05, 0.1) is 11.7 Å². The second-order valence-electron chi connectivity index (χ2n) is 18.6. The highest BCUT2D eigenvalue weighted by atomic mass is 16.5. The largest absolute Gasteiger partial charge is 0.372 e. The summed E-state index contributed by atoms with van der Waals surface area (Å²) in [6.07, 6.45) is 4.53. The number of hydrogen-bond donors (Lipinski definition) is 3. The Morgan fingerprint density at radius 3 is 2.25 bits per heavy atom. The number of nitrogens with one attached hydrogen (secondary N) is 3. The zero-order valence-corrected chi connectivity index (χ0v) is 37.6. The molecule has 6 aromatic rings. The molecule has 64 heavy (non-hydrogen) atoms. The molecule has 15 heteroatoms. The van der Waals surface area contributed by atoms with E-state index in [1.165, 1.54) is 11.4 Å². The van der Waals surface area contributed by atoms with E-state index in [4.69, 9.17) is 9.51 Å². The topological polar surface area (TPSA) is 169 Å². The Labute approximate surface area is 373 Å². The molecule has 0 radical (unpaired) electrons. The van der Waals surface area contributed by atoms with E-state index in [9.17, 15) is 14.4 Å². The van der Waals surface area contributed by atoms with Crippen molar-refractivity contribution >= 4 is 45.9 Å². The Bertz CT molecular complexity index is 2690. The molecule has 3 aromatic heterocycles. The van der Waals surface area contributed by atoms with Gasteiger partial charge >= 0.3 is 17.8 Å². The lowest BCUT2D eigenvalue weighted by Crippen LogP contribution is -2.49. The standard InChI is InChI=1S/C49H57N11O4/c1-30-25-35(9-13-39(30)32(3)51-45(62)46-53-47(56-64-46)49(4,5)6)43-40-27-36(28-50-44(40)55-54-43)34-7-10-37(11-8-34)59-23-21-57(22-24-59)29-33-15-18-58(19-16-33)38-12-14-41(31(2)26-38)60-20-17-42(61)52-48(60)63/h7-14,25-28,32-33H,15-24,29H2,1-6H3,(H,51,62)(H,50,54,55)(H,52,61,63)/t32-/m1/s1. The summed E-state index contributed by atoms with van der Waals surface area (Å²) in [5.41, 5.74) is 10.7. The molecule has 0 saturated carbocycles. The van der Waals surface area contributed by atoms with Gasteiger partial charge in [-0.1, -0.05) is 50.2 Å². The van der Waals surface area contributed by atoms with Gasteiger partial charge in [-0.3, -0.25) is 29.8 Å². The first-order chi connectivity index (χ1) is 30.8. The van der Waals surface area contributed by atoms with Gasteiger partial charge < -0.3 is 19.6 Å². The molecule has 0 unspecified atom stereocenters. The van der Waals surface area contributed by atoms with Gasteiger partial charge in [0.25, 0.3) is 0 Å². The van der Waals surface area contributed by atoms with Gasteiger partial charge in [-0.05, 0) is 104 Å². The zero-order chi connectivity index (χ0) is 44.7. The van der Waals surface area contributed by atoms with Crippen LogP contribution in [0.15, 0.2) is 77.4 Å². The van der Waals surface area contributed by atoms with Crippen molar-refractivity contribution in [2.45, 2.75) is 72.3 Å². The predicted molar refractivity (Wildman–Crippen MR) is 249 cm³/mol. The number of piperazine rings is 1. The first-order valence-corrected chi connectivity index (χ1v) is 22.4. The van der Waals surface area contributed by atoms with Crippen molar-refractivity contribution in [3.05, 3.63) is 101 Å². The number of carbonyl (C=O) groups excluding carboxylic acids is 3. The first-order valence-electron chi connectivity index (χ1n) is 22.4. The number of aromatic amines is 1. The fourth-order valence-electron chi connectivity index (χ4n) is 9.28. The molecular formula is C49H57N11O4. The van der Waals surface area contributed by atoms with Crippen LogP contribution in [0.25, 0.3) is 33.4 Å². The van der Waals surface area contributed by atoms with E-state index in [-0.39, 0.29) is 29.3 Å². The normalized spacial score (nSPS) is 17.2. The Balaban J connectivity index is 0.770. The number of rotatable bonds is 10. The van der Waals surface area contributed by atoms with Gasteiger partial charge in [0.15, 0.2) is 11.5 Å². The lowest BCUT2D eigenvalue weighted by Gasteiger charge is -2.40. The quantitative estimate of drug-likeness (QED) is 0.124. The molecule has 3 aliphatic rings. The molecule has 332 valence electrons. The fraction of sp³-hybridized carbons (Fsp3) is 0.408. The van der Waals surface area contributed by atoms with E-state index in [1.54, 1.807) is 4.90 Å². The minimum absolute atomic E-state index is 0.0449. The Kier molecular flexibility index (Phi) is 11.7. The molecule has 3 aliphatic heterocycles. The number of nitrogens with zero attached hydrogens (tertiary/aromatic N) is 8. The minimum Gasteiger partial charge on any atom is -0.372 e. The predicted octanol–water partition coefficient (Wildman–Crippen LogP) is 7.57. The third-order valence-corrected chi connectivity index (χ3v) is 13.0. The van der Waals surface area contributed by atoms with Crippen LogP contribution in [0.1, 0.15) is 86.2 Å². The number of fused-ring (bicyclic) bond motifs is 1. The average Bonchev–Trinajstić information content (AvgIpc) is 3.96. The van der Waals surface area contributed by atoms with Crippen molar-refractivity contribution in [3.8, 4) is 22.4 Å². The van der Waals surface area contributed by atoms with Crippen LogP contribution in [0.5, 0.6) is 0 Å². The Morgan fingerprint density at radius 1 is 0.844 bits per heavy atom. The van der Waals surface area contributed by atoms with Crippen LogP contribution in [0, 0.1) is 19.8 Å². The van der Waals surface area contributed by atoms with E-state index in [1.807, 2.05) is 65.9 Å². The molecule has 3 saturated heterocycles. The van der Waals surface area contributed by atoms with Gasteiger partial charge in [-0.25, -0.2) is 9.78 Å². The van der Waals surface area contributed by atoms with Crippen molar-refractivity contribution < 1.29 is 18.9 Å². The lowest BCUT2D eigenvalue weighted by atomic mass is 9.95. The van der Waals surface area contributed by atoms with Crippen LogP contribution in [0.4, 0.5) is 21.9 Å². The summed E-state index contributed by atoms with van der Waals surface area (Å²) >= 11 is 0. The number of hydrogen-bond acceptors (Lipinski definition) is 11. The van der Waals surface area contributed by atoms with Crippen molar-refractivity contribution in [1.82, 2.24) is 40.9 Å². The van der Waals surface area contributed by atoms with E-state index < -0.39 is 5.91 Å². The monoisotopic (exact) mass is 863 g/mol. The highest BCUT2D eigenvalue weighted by Gasteiger charge is 2.29. The lowest BCUT2D eigenvalue weighted by molar-refractivity contribution is -0.120. The number of pyridine rings is 1. The summed E-state index contributed by atoms with van der Waals surface area (Å²) in [4.78, 5) is 55.2. The highest BCUT2D eigenvalue weighted by Crippen LogP contribution is 2.34. The Hall–Kier alpha value is -6.61. The van der Waals surface area contributed by atoms with Crippen molar-refractivity contribution in [2.75, 3.05) is 67.1 Å². The summed E-state index contributed by atoms with van der Waals surface area (Å²) in [6.45, 7) is 19.6. The second kappa shape index (κ2) is 17.5. The maximum absolute atomic E-state index is 12.9. The number of urea groups is 1. The minimum atomic E-state index is -0.405. The fourth-order valence-corrected chi connectivity index (χ4v) is 9.28. The summed E-state index contributed by atoms with van der Waals surface area (Å²) in [5, 5.41) is 18.1. The summed E-state index contributed by atoms with van der Waals surface area (Å²) < 4.78 is 5.25. The average molecular weight is 864 g/mol. The summed E-state index contributed by atoms with van der Waals surface area (Å²) in [7, 11) is 0. The number of benzene rings is 3. The van der Waals surface area contributed by atoms with Crippen LogP contribution in [-0.2, 0) is 10.2 Å². The SMILES string of the molecule is Cc1cc(-c2[nH]nc3ncc(-c4ccc(N5CCN(CC6CCN(c7ccc(N8CCC(=O)NC8=O)c(C)c7)CC6)CC5)cc4)cc23)ccc1[C@@H](C)NC(=O)c1nc(C(C)(C)C)no1. The van der Waals surface area contributed by atoms with Crippen molar-refractivity contribution in [2.24, 2.45) is 5.92 Å². The highest BCUT2D eigenvalue weighted by molar-refractivity contribution is 6.06. The number of aryl methyl sites for hydroxylation is 2. The molecule has 4 amide bonds. The van der Waals surface area contributed by atoms with Crippen LogP contribution in [-0.4, -0.2) is 100 Å². The molecule has 3 aromatic carbocycles. The van der Waals surface area contributed by atoms with Crippen LogP contribution in [0.2, 0.25) is 0 Å². The van der Waals surface area contributed by atoms with Crippen molar-refractivity contribution in [3.63, 3.8) is 0 Å². The first kappa shape index (κ1) is 42.7. The van der Waals surface area contributed by atoms with Gasteiger partial charge in [-0.15, -0.1) is 0 Å². The van der Waals surface area contributed by atoms with E-state index in [0.29, 0.717) is 30.4 Å². The number of piperidine rings is 1. The van der Waals surface area contributed by atoms with Crippen LogP contribution in [0.3, 0.4) is 0 Å². The molecule has 0 spiro atoms. The maximum atomic E-state index is 12.9. The molecular weight excluding hydrogens is 807 g/mol. The smallest absolute Gasteiger partial charge is 0.328 e. The number of carbonyl (C=O) groups is 3. The van der Waals surface area contributed by atoms with Gasteiger partial charge in [-0.2, -0.15) is 10.1 Å². The summed E-state index contributed by atoms with van der Waals surface area (Å²) in [6, 6.07) is 22.8. The van der Waals surface area contributed by atoms with Crippen LogP contribution < -0.4 is 25.3 Å². The Morgan fingerprint density at radius 2 is 1.56 bits per heavy atom. The maximum Gasteiger partial charge on any atom is 0.328 e. The number of amides is 4. The van der Waals surface area contributed by atoms with Gasteiger partial charge in [0.2, 0.25) is 5.91 Å². The molecule has 3 N–H and O–H groups in total. The molecule has 0 aliphatic carbocycles. The van der Waals surface area contributed by atoms with E-state index in [0.717, 1.165) is 109 Å². The third kappa shape index (κ3) is 8.94. The number of H-pyrrole nitrogens is 1. The molecule has 1 atom stereocenters. The van der Waals surface area contributed by atoms with E-state index in [2.05, 4.69) is 94.2 Å². The number of imide groups is 1. The zero-order valence-electron chi connectivity index (χ0n) is 37.6. The van der Waals surface area contributed by atoms with Gasteiger partial charge in [0, 0.05) is 104 Å². The third-order valence-electron chi connectivity index (χ3n) is 13.0.